The van der Waals surface area contributed by atoms with E-state index in [4.69, 9.17) is 11.6 Å². The van der Waals surface area contributed by atoms with Gasteiger partial charge in [-0.15, -0.1) is 5.10 Å². The minimum atomic E-state index is -0.533. The van der Waals surface area contributed by atoms with Gasteiger partial charge in [0.25, 0.3) is 11.7 Å². The number of aromatic nitrogens is 6. The summed E-state index contributed by atoms with van der Waals surface area (Å²) < 4.78 is 1.40. The van der Waals surface area contributed by atoms with Crippen LogP contribution < -0.4 is 5.32 Å². The van der Waals surface area contributed by atoms with Gasteiger partial charge in [0.05, 0.1) is 18.3 Å². The highest BCUT2D eigenvalue weighted by Gasteiger charge is 2.31. The number of carbonyl (C=O) groups excluding carboxylic acids is 2. The first kappa shape index (κ1) is 21.0. The second-order valence-electron chi connectivity index (χ2n) is 7.54. The van der Waals surface area contributed by atoms with Crippen LogP contribution in [0.3, 0.4) is 0 Å². The summed E-state index contributed by atoms with van der Waals surface area (Å²) in [6.07, 6.45) is 6.52. The van der Waals surface area contributed by atoms with Gasteiger partial charge in [0, 0.05) is 35.7 Å². The highest BCUT2D eigenvalue weighted by atomic mass is 35.5. The third-order valence-corrected chi connectivity index (χ3v) is 5.63. The van der Waals surface area contributed by atoms with Crippen molar-refractivity contribution in [2.24, 2.45) is 0 Å². The first-order valence-electron chi connectivity index (χ1n) is 10.4. The standard InChI is InChI=1S/C22H19ClN8O2/c23-15-5-1-4-14(12-15)19-24-9-7-16(27-19)17-6-2-10-30(17)18(32)13-26-21(33)20-28-22-25-8-3-11-31(22)29-20/h1,3-5,7-9,11-12,17H,2,6,10,13H2,(H,26,33)/t17-/m0/s1. The molecule has 0 spiro atoms. The molecule has 0 radical (unpaired) electrons. The van der Waals surface area contributed by atoms with Crippen LogP contribution in [0.15, 0.2) is 55.0 Å². The number of hydrogen-bond acceptors (Lipinski definition) is 7. The fraction of sp³-hybridized carbons (Fsp3) is 0.227. The topological polar surface area (TPSA) is 118 Å². The summed E-state index contributed by atoms with van der Waals surface area (Å²) in [5.41, 5.74) is 1.56. The number of hydrogen-bond donors (Lipinski definition) is 1. The number of halogens is 1. The highest BCUT2D eigenvalue weighted by molar-refractivity contribution is 6.30. The molecule has 0 bridgehead atoms. The zero-order chi connectivity index (χ0) is 22.8. The number of benzene rings is 1. The second-order valence-corrected chi connectivity index (χ2v) is 7.98. The maximum atomic E-state index is 12.9. The molecule has 10 nitrogen and oxygen atoms in total. The van der Waals surface area contributed by atoms with E-state index >= 15 is 0 Å². The molecule has 2 amide bonds. The summed E-state index contributed by atoms with van der Waals surface area (Å²) in [6, 6.07) is 10.6. The molecule has 1 atom stereocenters. The van der Waals surface area contributed by atoms with Gasteiger partial charge in [-0.2, -0.15) is 4.98 Å². The Balaban J connectivity index is 1.28. The molecule has 0 unspecified atom stereocenters. The molecule has 0 saturated carbocycles. The Morgan fingerprint density at radius 2 is 2.03 bits per heavy atom. The van der Waals surface area contributed by atoms with E-state index in [9.17, 15) is 9.59 Å². The molecule has 1 aromatic carbocycles. The summed E-state index contributed by atoms with van der Waals surface area (Å²) in [7, 11) is 0. The number of amides is 2. The number of rotatable bonds is 5. The van der Waals surface area contributed by atoms with Crippen molar-refractivity contribution in [2.45, 2.75) is 18.9 Å². The minimum Gasteiger partial charge on any atom is -0.340 e. The molecule has 4 heterocycles. The third kappa shape index (κ3) is 4.37. The lowest BCUT2D eigenvalue weighted by atomic mass is 10.1. The van der Waals surface area contributed by atoms with E-state index in [2.05, 4.69) is 30.4 Å². The Bertz CT molecular complexity index is 1310. The maximum Gasteiger partial charge on any atom is 0.291 e. The molecule has 1 fully saturated rings. The van der Waals surface area contributed by atoms with Crippen LogP contribution in [0.1, 0.15) is 35.2 Å². The fourth-order valence-electron chi connectivity index (χ4n) is 3.86. The molecule has 3 aromatic heterocycles. The fourth-order valence-corrected chi connectivity index (χ4v) is 4.05. The van der Waals surface area contributed by atoms with Gasteiger partial charge in [-0.3, -0.25) is 9.59 Å². The van der Waals surface area contributed by atoms with Gasteiger partial charge in [-0.05, 0) is 37.1 Å². The molecule has 1 aliphatic rings. The van der Waals surface area contributed by atoms with E-state index in [0.717, 1.165) is 24.1 Å². The van der Waals surface area contributed by atoms with Gasteiger partial charge in [-0.1, -0.05) is 23.7 Å². The first-order valence-corrected chi connectivity index (χ1v) is 10.8. The first-order chi connectivity index (χ1) is 16.1. The number of nitrogens with one attached hydrogen (secondary N) is 1. The van der Waals surface area contributed by atoms with Gasteiger partial charge in [0.1, 0.15) is 0 Å². The molecule has 5 rings (SSSR count). The Morgan fingerprint density at radius 1 is 1.12 bits per heavy atom. The quantitative estimate of drug-likeness (QED) is 0.483. The van der Waals surface area contributed by atoms with E-state index in [1.807, 2.05) is 18.2 Å². The Hall–Kier alpha value is -3.92. The molecular formula is C22H19ClN8O2. The lowest BCUT2D eigenvalue weighted by Gasteiger charge is -2.24. The van der Waals surface area contributed by atoms with Gasteiger partial charge >= 0.3 is 0 Å². The van der Waals surface area contributed by atoms with Crippen LogP contribution >= 0.6 is 11.6 Å². The predicted molar refractivity (Wildman–Crippen MR) is 119 cm³/mol. The van der Waals surface area contributed by atoms with Crippen molar-refractivity contribution in [2.75, 3.05) is 13.1 Å². The smallest absolute Gasteiger partial charge is 0.291 e. The van der Waals surface area contributed by atoms with Gasteiger partial charge in [-0.25, -0.2) is 19.5 Å². The van der Waals surface area contributed by atoms with Crippen LogP contribution in [0.2, 0.25) is 5.02 Å². The van der Waals surface area contributed by atoms with Crippen molar-refractivity contribution in [3.8, 4) is 11.4 Å². The Morgan fingerprint density at radius 3 is 2.88 bits per heavy atom. The SMILES string of the molecule is O=C(NCC(=O)N1CCC[C@H]1c1ccnc(-c2cccc(Cl)c2)n1)c1nc2ncccn2n1. The van der Waals surface area contributed by atoms with E-state index in [1.54, 1.807) is 41.7 Å². The summed E-state index contributed by atoms with van der Waals surface area (Å²) in [5, 5.41) is 7.29. The Labute approximate surface area is 193 Å². The number of fused-ring (bicyclic) bond motifs is 1. The monoisotopic (exact) mass is 462 g/mol. The summed E-state index contributed by atoms with van der Waals surface area (Å²) in [4.78, 5) is 44.2. The molecule has 1 aliphatic heterocycles. The molecule has 1 N–H and O–H groups in total. The van der Waals surface area contributed by atoms with Crippen LogP contribution in [-0.4, -0.2) is 59.4 Å². The highest BCUT2D eigenvalue weighted by Crippen LogP contribution is 2.31. The molecule has 1 saturated heterocycles. The second kappa shape index (κ2) is 8.91. The average molecular weight is 463 g/mol. The maximum absolute atomic E-state index is 12.9. The zero-order valence-corrected chi connectivity index (χ0v) is 18.2. The summed E-state index contributed by atoms with van der Waals surface area (Å²) in [6.45, 7) is 0.428. The molecule has 33 heavy (non-hydrogen) atoms. The molecule has 166 valence electrons. The van der Waals surface area contributed by atoms with E-state index in [0.29, 0.717) is 23.2 Å². The van der Waals surface area contributed by atoms with Crippen molar-refractivity contribution in [1.29, 1.82) is 0 Å². The van der Waals surface area contributed by atoms with E-state index in [1.165, 1.54) is 4.52 Å². The van der Waals surface area contributed by atoms with E-state index in [-0.39, 0.29) is 24.3 Å². The third-order valence-electron chi connectivity index (χ3n) is 5.39. The van der Waals surface area contributed by atoms with Crippen molar-refractivity contribution in [3.63, 3.8) is 0 Å². The van der Waals surface area contributed by atoms with Crippen molar-refractivity contribution in [1.82, 2.24) is 39.8 Å². The predicted octanol–water partition coefficient (Wildman–Crippen LogP) is 2.33. The minimum absolute atomic E-state index is 0.0403. The summed E-state index contributed by atoms with van der Waals surface area (Å²) in [5.74, 6) is 0.0916. The van der Waals surface area contributed by atoms with Crippen molar-refractivity contribution in [3.05, 3.63) is 71.5 Å². The van der Waals surface area contributed by atoms with Crippen molar-refractivity contribution < 1.29 is 9.59 Å². The number of carbonyl (C=O) groups is 2. The normalized spacial score (nSPS) is 15.7. The van der Waals surface area contributed by atoms with Crippen LogP contribution in [0.4, 0.5) is 0 Å². The van der Waals surface area contributed by atoms with Gasteiger partial charge < -0.3 is 10.2 Å². The van der Waals surface area contributed by atoms with Gasteiger partial charge in [0.2, 0.25) is 11.7 Å². The average Bonchev–Trinajstić information content (AvgIpc) is 3.50. The zero-order valence-electron chi connectivity index (χ0n) is 17.4. The largest absolute Gasteiger partial charge is 0.340 e. The molecule has 0 aliphatic carbocycles. The molecule has 4 aromatic rings. The van der Waals surface area contributed by atoms with Crippen LogP contribution in [0.5, 0.6) is 0 Å². The van der Waals surface area contributed by atoms with E-state index < -0.39 is 5.91 Å². The lowest BCUT2D eigenvalue weighted by molar-refractivity contribution is -0.131. The number of likely N-dealkylation sites (tertiary alicyclic amines) is 1. The lowest BCUT2D eigenvalue weighted by Crippen LogP contribution is -2.40. The van der Waals surface area contributed by atoms with Crippen LogP contribution in [0, 0.1) is 0 Å². The van der Waals surface area contributed by atoms with Crippen LogP contribution in [-0.2, 0) is 4.79 Å². The molecule has 11 heteroatoms. The van der Waals surface area contributed by atoms with Gasteiger partial charge in [0.15, 0.2) is 5.82 Å². The van der Waals surface area contributed by atoms with Crippen LogP contribution in [0.25, 0.3) is 17.2 Å². The summed E-state index contributed by atoms with van der Waals surface area (Å²) >= 11 is 6.10. The Kier molecular flexibility index (Phi) is 5.66. The molecular weight excluding hydrogens is 444 g/mol. The van der Waals surface area contributed by atoms with Crippen molar-refractivity contribution >= 4 is 29.2 Å². The number of nitrogens with zero attached hydrogens (tertiary/aromatic N) is 7.